The van der Waals surface area contributed by atoms with Gasteiger partial charge in [-0.1, -0.05) is 18.2 Å². The number of amides is 1. The number of hydrogen-bond donors (Lipinski definition) is 1. The van der Waals surface area contributed by atoms with Crippen LogP contribution in [0.15, 0.2) is 24.3 Å². The van der Waals surface area contributed by atoms with Crippen molar-refractivity contribution in [2.24, 2.45) is 0 Å². The summed E-state index contributed by atoms with van der Waals surface area (Å²) in [7, 11) is 1.58. The van der Waals surface area contributed by atoms with Gasteiger partial charge in [0.1, 0.15) is 6.61 Å². The average Bonchev–Trinajstić information content (AvgIpc) is 2.35. The Bertz CT molecular complexity index is 357. The van der Waals surface area contributed by atoms with Crippen LogP contribution in [0.3, 0.4) is 0 Å². The first-order chi connectivity index (χ1) is 8.27. The highest BCUT2D eigenvalue weighted by Gasteiger charge is 2.05. The molecule has 0 aliphatic carbocycles. The van der Waals surface area contributed by atoms with E-state index in [0.717, 1.165) is 11.3 Å². The molecular weight excluding hydrogens is 242 g/mol. The van der Waals surface area contributed by atoms with E-state index >= 15 is 0 Å². The molecule has 1 aromatic carbocycles. The van der Waals surface area contributed by atoms with E-state index in [1.54, 1.807) is 7.11 Å². The Hall–Kier alpha value is -1.10. The van der Waals surface area contributed by atoms with Gasteiger partial charge in [-0.15, -0.1) is 11.6 Å². The van der Waals surface area contributed by atoms with Crippen LogP contribution in [0.1, 0.15) is 5.56 Å². The lowest BCUT2D eigenvalue weighted by atomic mass is 10.2. The van der Waals surface area contributed by atoms with Crippen LogP contribution in [0.4, 0.5) is 5.69 Å². The Labute approximate surface area is 106 Å². The lowest BCUT2D eigenvalue weighted by molar-refractivity contribution is -0.121. The Kier molecular flexibility index (Phi) is 6.62. The van der Waals surface area contributed by atoms with Crippen molar-refractivity contribution in [3.8, 4) is 0 Å². The summed E-state index contributed by atoms with van der Waals surface area (Å²) in [5.74, 6) is 0.166. The molecule has 0 aliphatic heterocycles. The van der Waals surface area contributed by atoms with Gasteiger partial charge in [-0.2, -0.15) is 0 Å². The fourth-order valence-corrected chi connectivity index (χ4v) is 1.49. The molecule has 0 aromatic heterocycles. The summed E-state index contributed by atoms with van der Waals surface area (Å²) in [6.07, 6.45) is 0. The molecule has 0 saturated carbocycles. The first-order valence-electron chi connectivity index (χ1n) is 5.28. The number of alkyl halides is 1. The molecule has 0 aliphatic rings. The number of nitrogens with one attached hydrogen (secondary N) is 1. The number of anilines is 1. The van der Waals surface area contributed by atoms with Crippen LogP contribution in [0.5, 0.6) is 0 Å². The summed E-state index contributed by atoms with van der Waals surface area (Å²) in [5.41, 5.74) is 1.61. The van der Waals surface area contributed by atoms with Gasteiger partial charge in [-0.05, 0) is 11.6 Å². The van der Waals surface area contributed by atoms with Crippen molar-refractivity contribution in [2.45, 2.75) is 5.88 Å². The van der Waals surface area contributed by atoms with Gasteiger partial charge in [0.05, 0.1) is 13.2 Å². The molecule has 5 heteroatoms. The number of benzene rings is 1. The number of halogens is 1. The molecule has 1 aromatic rings. The largest absolute Gasteiger partial charge is 0.382 e. The highest BCUT2D eigenvalue weighted by Crippen LogP contribution is 2.16. The van der Waals surface area contributed by atoms with Crippen molar-refractivity contribution in [1.29, 1.82) is 0 Å². The Morgan fingerprint density at radius 1 is 1.35 bits per heavy atom. The van der Waals surface area contributed by atoms with Gasteiger partial charge in [0.25, 0.3) is 0 Å². The molecular formula is C12H16ClNO3. The second-order valence-corrected chi connectivity index (χ2v) is 3.65. The normalized spacial score (nSPS) is 10.2. The van der Waals surface area contributed by atoms with Gasteiger partial charge in [0, 0.05) is 18.7 Å². The zero-order valence-corrected chi connectivity index (χ0v) is 10.5. The summed E-state index contributed by atoms with van der Waals surface area (Å²) in [4.78, 5) is 11.5. The van der Waals surface area contributed by atoms with Crippen molar-refractivity contribution in [3.63, 3.8) is 0 Å². The van der Waals surface area contributed by atoms with Crippen molar-refractivity contribution in [1.82, 2.24) is 0 Å². The molecule has 0 spiro atoms. The third kappa shape index (κ3) is 5.17. The van der Waals surface area contributed by atoms with Crippen molar-refractivity contribution in [3.05, 3.63) is 29.8 Å². The second-order valence-electron chi connectivity index (χ2n) is 3.38. The molecule has 17 heavy (non-hydrogen) atoms. The van der Waals surface area contributed by atoms with Crippen LogP contribution in [0.25, 0.3) is 0 Å². The van der Waals surface area contributed by atoms with Crippen LogP contribution in [0, 0.1) is 0 Å². The van der Waals surface area contributed by atoms with Crippen LogP contribution in [0.2, 0.25) is 0 Å². The van der Waals surface area contributed by atoms with E-state index in [9.17, 15) is 4.79 Å². The molecule has 0 saturated heterocycles. The molecule has 0 bridgehead atoms. The van der Waals surface area contributed by atoms with E-state index in [4.69, 9.17) is 21.1 Å². The van der Waals surface area contributed by atoms with Gasteiger partial charge in [0.15, 0.2) is 0 Å². The number of para-hydroxylation sites is 1. The minimum absolute atomic E-state index is 0.0139. The maximum atomic E-state index is 11.5. The lowest BCUT2D eigenvalue weighted by Gasteiger charge is -2.09. The van der Waals surface area contributed by atoms with Crippen LogP contribution in [-0.2, 0) is 20.1 Å². The van der Waals surface area contributed by atoms with E-state index in [1.807, 2.05) is 24.3 Å². The Balaban J connectivity index is 2.39. The van der Waals surface area contributed by atoms with E-state index in [2.05, 4.69) is 5.32 Å². The second kappa shape index (κ2) is 8.06. The third-order valence-corrected chi connectivity index (χ3v) is 2.39. The average molecular weight is 258 g/mol. The molecule has 94 valence electrons. The number of rotatable bonds is 7. The van der Waals surface area contributed by atoms with Gasteiger partial charge in [-0.25, -0.2) is 0 Å². The van der Waals surface area contributed by atoms with E-state index in [1.165, 1.54) is 0 Å². The number of carbonyl (C=O) groups is 1. The Morgan fingerprint density at radius 3 is 2.82 bits per heavy atom. The van der Waals surface area contributed by atoms with Crippen molar-refractivity contribution < 1.29 is 14.3 Å². The monoisotopic (exact) mass is 257 g/mol. The van der Waals surface area contributed by atoms with Crippen molar-refractivity contribution >= 4 is 23.2 Å². The number of carbonyl (C=O) groups excluding carboxylic acids is 1. The fourth-order valence-electron chi connectivity index (χ4n) is 1.25. The predicted octanol–water partition coefficient (Wildman–Crippen LogP) is 2.03. The predicted molar refractivity (Wildman–Crippen MR) is 67.3 cm³/mol. The summed E-state index contributed by atoms with van der Waals surface area (Å²) in [6, 6.07) is 7.40. The molecule has 0 atom stereocenters. The van der Waals surface area contributed by atoms with Crippen LogP contribution >= 0.6 is 11.6 Å². The minimum Gasteiger partial charge on any atom is -0.382 e. The molecule has 0 unspecified atom stereocenters. The van der Waals surface area contributed by atoms with Gasteiger partial charge < -0.3 is 14.8 Å². The number of methoxy groups -OCH3 is 1. The lowest BCUT2D eigenvalue weighted by Crippen LogP contribution is -2.20. The summed E-state index contributed by atoms with van der Waals surface area (Å²) >= 11 is 5.76. The standard InChI is InChI=1S/C12H16ClNO3/c1-16-6-7-17-9-12(15)14-11-5-3-2-4-10(11)8-13/h2-5H,6-9H2,1H3,(H,14,15). The topological polar surface area (TPSA) is 47.6 Å². The molecule has 1 rings (SSSR count). The molecule has 1 N–H and O–H groups in total. The Morgan fingerprint density at radius 2 is 2.12 bits per heavy atom. The van der Waals surface area contributed by atoms with Gasteiger partial charge >= 0.3 is 0 Å². The summed E-state index contributed by atoms with van der Waals surface area (Å²) in [6.45, 7) is 0.895. The van der Waals surface area contributed by atoms with E-state index in [0.29, 0.717) is 19.1 Å². The van der Waals surface area contributed by atoms with Crippen molar-refractivity contribution in [2.75, 3.05) is 32.2 Å². The third-order valence-electron chi connectivity index (χ3n) is 2.10. The fraction of sp³-hybridized carbons (Fsp3) is 0.417. The summed E-state index contributed by atoms with van der Waals surface area (Å²) in [5, 5.41) is 2.75. The van der Waals surface area contributed by atoms with Gasteiger partial charge in [-0.3, -0.25) is 4.79 Å². The molecule has 4 nitrogen and oxygen atoms in total. The molecule has 1 amide bonds. The highest BCUT2D eigenvalue weighted by atomic mass is 35.5. The van der Waals surface area contributed by atoms with E-state index < -0.39 is 0 Å². The minimum atomic E-state index is -0.196. The van der Waals surface area contributed by atoms with Crippen LogP contribution in [-0.4, -0.2) is 32.8 Å². The smallest absolute Gasteiger partial charge is 0.250 e. The molecule has 0 radical (unpaired) electrons. The van der Waals surface area contributed by atoms with Gasteiger partial charge in [0.2, 0.25) is 5.91 Å². The maximum absolute atomic E-state index is 11.5. The first-order valence-corrected chi connectivity index (χ1v) is 5.81. The molecule has 0 fully saturated rings. The highest BCUT2D eigenvalue weighted by molar-refractivity contribution is 6.17. The quantitative estimate of drug-likeness (QED) is 0.601. The van der Waals surface area contributed by atoms with Crippen LogP contribution < -0.4 is 5.32 Å². The first kappa shape index (κ1) is 14.0. The zero-order chi connectivity index (χ0) is 12.5. The SMILES string of the molecule is COCCOCC(=O)Nc1ccccc1CCl. The number of ether oxygens (including phenoxy) is 2. The van der Waals surface area contributed by atoms with E-state index in [-0.39, 0.29) is 12.5 Å². The zero-order valence-electron chi connectivity index (χ0n) is 9.74. The molecule has 0 heterocycles. The summed E-state index contributed by atoms with van der Waals surface area (Å²) < 4.78 is 9.92. The maximum Gasteiger partial charge on any atom is 0.250 e. The number of hydrogen-bond acceptors (Lipinski definition) is 3.